The molecule has 0 radical (unpaired) electrons. The monoisotopic (exact) mass is 429 g/mol. The molecular formula is C26H21F2N3O. The van der Waals surface area contributed by atoms with Crippen LogP contribution in [0.3, 0.4) is 0 Å². The fourth-order valence-corrected chi connectivity index (χ4v) is 4.15. The molecule has 32 heavy (non-hydrogen) atoms. The number of halogens is 2. The zero-order valence-electron chi connectivity index (χ0n) is 17.3. The van der Waals surface area contributed by atoms with Crippen LogP contribution in [-0.2, 0) is 0 Å². The standard InChI is InChI=1S/C26H21F2N3O/c27-19-11-9-18(10-12-19)24-17-21(20-5-1-3-7-23(20)29-24)26(32)31-15-13-30(14-16-31)25-8-4-2-6-22(25)28/h1-12,17H,13-16H2. The molecule has 0 bridgehead atoms. The van der Waals surface area contributed by atoms with E-state index in [1.165, 1.54) is 18.2 Å². The SMILES string of the molecule is O=C(c1cc(-c2ccc(F)cc2)nc2ccccc12)N1CCN(c2ccccc2F)CC1. The maximum absolute atomic E-state index is 14.1. The second-order valence-corrected chi connectivity index (χ2v) is 7.81. The molecule has 0 unspecified atom stereocenters. The van der Waals surface area contributed by atoms with E-state index in [1.807, 2.05) is 35.2 Å². The van der Waals surface area contributed by atoms with Crippen LogP contribution in [0, 0.1) is 11.6 Å². The number of nitrogens with zero attached hydrogens (tertiary/aromatic N) is 3. The minimum Gasteiger partial charge on any atom is -0.366 e. The van der Waals surface area contributed by atoms with Crippen molar-refractivity contribution in [3.8, 4) is 11.3 Å². The lowest BCUT2D eigenvalue weighted by Gasteiger charge is -2.36. The number of carbonyl (C=O) groups is 1. The smallest absolute Gasteiger partial charge is 0.254 e. The molecule has 0 atom stereocenters. The first kappa shape index (κ1) is 20.1. The lowest BCUT2D eigenvalue weighted by atomic mass is 10.0. The maximum Gasteiger partial charge on any atom is 0.254 e. The molecule has 5 rings (SSSR count). The fourth-order valence-electron chi connectivity index (χ4n) is 4.15. The van der Waals surface area contributed by atoms with E-state index in [0.717, 1.165) is 10.9 Å². The van der Waals surface area contributed by atoms with Crippen molar-refractivity contribution >= 4 is 22.5 Å². The number of anilines is 1. The number of hydrogen-bond acceptors (Lipinski definition) is 3. The highest BCUT2D eigenvalue weighted by Gasteiger charge is 2.25. The lowest BCUT2D eigenvalue weighted by Crippen LogP contribution is -2.49. The van der Waals surface area contributed by atoms with Gasteiger partial charge >= 0.3 is 0 Å². The van der Waals surface area contributed by atoms with Gasteiger partial charge in [0.2, 0.25) is 0 Å². The minimum absolute atomic E-state index is 0.0832. The summed E-state index contributed by atoms with van der Waals surface area (Å²) in [7, 11) is 0. The second-order valence-electron chi connectivity index (χ2n) is 7.81. The minimum atomic E-state index is -0.321. The number of benzene rings is 3. The van der Waals surface area contributed by atoms with E-state index in [2.05, 4.69) is 4.98 Å². The van der Waals surface area contributed by atoms with Gasteiger partial charge in [0.25, 0.3) is 5.91 Å². The summed E-state index contributed by atoms with van der Waals surface area (Å²) in [6.07, 6.45) is 0. The van der Waals surface area contributed by atoms with Crippen molar-refractivity contribution in [1.82, 2.24) is 9.88 Å². The van der Waals surface area contributed by atoms with Gasteiger partial charge in [0.05, 0.1) is 22.5 Å². The molecule has 1 aliphatic heterocycles. The first-order chi connectivity index (χ1) is 15.6. The molecule has 160 valence electrons. The summed E-state index contributed by atoms with van der Waals surface area (Å²) in [6, 6.07) is 22.1. The van der Waals surface area contributed by atoms with E-state index in [1.54, 1.807) is 35.2 Å². The van der Waals surface area contributed by atoms with Crippen molar-refractivity contribution < 1.29 is 13.6 Å². The highest BCUT2D eigenvalue weighted by atomic mass is 19.1. The van der Waals surface area contributed by atoms with Gasteiger partial charge in [-0.25, -0.2) is 13.8 Å². The molecule has 1 aliphatic rings. The van der Waals surface area contributed by atoms with Crippen LogP contribution in [-0.4, -0.2) is 42.0 Å². The number of hydrogen-bond donors (Lipinski definition) is 0. The molecule has 1 saturated heterocycles. The number of para-hydroxylation sites is 2. The fraction of sp³-hybridized carbons (Fsp3) is 0.154. The average Bonchev–Trinajstić information content (AvgIpc) is 2.84. The Morgan fingerprint density at radius 1 is 0.812 bits per heavy atom. The van der Waals surface area contributed by atoms with Crippen LogP contribution in [0.2, 0.25) is 0 Å². The van der Waals surface area contributed by atoms with E-state index in [9.17, 15) is 13.6 Å². The Morgan fingerprint density at radius 3 is 2.25 bits per heavy atom. The number of fused-ring (bicyclic) bond motifs is 1. The van der Waals surface area contributed by atoms with Crippen LogP contribution in [0.25, 0.3) is 22.2 Å². The highest BCUT2D eigenvalue weighted by molar-refractivity contribution is 6.07. The normalized spacial score (nSPS) is 14.1. The van der Waals surface area contributed by atoms with E-state index < -0.39 is 0 Å². The third-order valence-corrected chi connectivity index (χ3v) is 5.85. The summed E-state index contributed by atoms with van der Waals surface area (Å²) in [4.78, 5) is 22.0. The van der Waals surface area contributed by atoms with Crippen molar-refractivity contribution in [2.24, 2.45) is 0 Å². The van der Waals surface area contributed by atoms with Gasteiger partial charge in [0.1, 0.15) is 11.6 Å². The molecular weight excluding hydrogens is 408 g/mol. The predicted molar refractivity (Wildman–Crippen MR) is 122 cm³/mol. The second kappa shape index (κ2) is 8.38. The molecule has 0 N–H and O–H groups in total. The first-order valence-electron chi connectivity index (χ1n) is 10.5. The summed E-state index contributed by atoms with van der Waals surface area (Å²) in [5.41, 5.74) is 3.21. The van der Waals surface area contributed by atoms with Gasteiger partial charge in [-0.15, -0.1) is 0 Å². The number of aromatic nitrogens is 1. The Labute approximate surface area is 184 Å². The van der Waals surface area contributed by atoms with Crippen molar-refractivity contribution in [1.29, 1.82) is 0 Å². The van der Waals surface area contributed by atoms with Crippen LogP contribution in [0.15, 0.2) is 78.9 Å². The Hall–Kier alpha value is -3.80. The van der Waals surface area contributed by atoms with Gasteiger partial charge in [0, 0.05) is 37.1 Å². The molecule has 3 aromatic carbocycles. The predicted octanol–water partition coefficient (Wildman–Crippen LogP) is 5.14. The number of pyridine rings is 1. The van der Waals surface area contributed by atoms with Gasteiger partial charge in [0.15, 0.2) is 0 Å². The summed E-state index contributed by atoms with van der Waals surface area (Å²) >= 11 is 0. The molecule has 0 aliphatic carbocycles. The molecule has 0 saturated carbocycles. The summed E-state index contributed by atoms with van der Waals surface area (Å²) in [5.74, 6) is -0.657. The largest absolute Gasteiger partial charge is 0.366 e. The molecule has 4 nitrogen and oxygen atoms in total. The first-order valence-corrected chi connectivity index (χ1v) is 10.5. The zero-order valence-corrected chi connectivity index (χ0v) is 17.3. The zero-order chi connectivity index (χ0) is 22.1. The Bertz CT molecular complexity index is 1280. The lowest BCUT2D eigenvalue weighted by molar-refractivity contribution is 0.0748. The molecule has 1 aromatic heterocycles. The van der Waals surface area contributed by atoms with Crippen LogP contribution in [0.4, 0.5) is 14.5 Å². The van der Waals surface area contributed by atoms with Gasteiger partial charge in [-0.1, -0.05) is 30.3 Å². The van der Waals surface area contributed by atoms with E-state index in [-0.39, 0.29) is 17.5 Å². The van der Waals surface area contributed by atoms with Crippen molar-refractivity contribution in [2.75, 3.05) is 31.1 Å². The van der Waals surface area contributed by atoms with Crippen molar-refractivity contribution in [3.05, 3.63) is 96.1 Å². The van der Waals surface area contributed by atoms with E-state index in [4.69, 9.17) is 0 Å². The third kappa shape index (κ3) is 3.80. The average molecular weight is 429 g/mol. The molecule has 2 heterocycles. The van der Waals surface area contributed by atoms with Crippen LogP contribution < -0.4 is 4.90 Å². The summed E-state index contributed by atoms with van der Waals surface area (Å²) in [5, 5.41) is 0.778. The molecule has 6 heteroatoms. The van der Waals surface area contributed by atoms with E-state index in [0.29, 0.717) is 48.6 Å². The summed E-state index contributed by atoms with van der Waals surface area (Å²) in [6.45, 7) is 2.10. The van der Waals surface area contributed by atoms with Crippen LogP contribution >= 0.6 is 0 Å². The van der Waals surface area contributed by atoms with Gasteiger partial charge in [-0.2, -0.15) is 0 Å². The number of amides is 1. The Kier molecular flexibility index (Phi) is 5.27. The number of carbonyl (C=O) groups excluding carboxylic acids is 1. The van der Waals surface area contributed by atoms with Crippen molar-refractivity contribution in [2.45, 2.75) is 0 Å². The van der Waals surface area contributed by atoms with Gasteiger partial charge < -0.3 is 9.80 Å². The Morgan fingerprint density at radius 2 is 1.50 bits per heavy atom. The number of rotatable bonds is 3. The van der Waals surface area contributed by atoms with E-state index >= 15 is 0 Å². The summed E-state index contributed by atoms with van der Waals surface area (Å²) < 4.78 is 27.5. The van der Waals surface area contributed by atoms with Gasteiger partial charge in [-0.3, -0.25) is 4.79 Å². The maximum atomic E-state index is 14.1. The van der Waals surface area contributed by atoms with Gasteiger partial charge in [-0.05, 0) is 48.5 Å². The molecule has 0 spiro atoms. The molecule has 1 amide bonds. The van der Waals surface area contributed by atoms with Crippen LogP contribution in [0.5, 0.6) is 0 Å². The number of piperazine rings is 1. The van der Waals surface area contributed by atoms with Crippen molar-refractivity contribution in [3.63, 3.8) is 0 Å². The third-order valence-electron chi connectivity index (χ3n) is 5.85. The quantitative estimate of drug-likeness (QED) is 0.452. The van der Waals surface area contributed by atoms with Crippen LogP contribution in [0.1, 0.15) is 10.4 Å². The highest BCUT2D eigenvalue weighted by Crippen LogP contribution is 2.27. The Balaban J connectivity index is 1.44. The molecule has 4 aromatic rings. The topological polar surface area (TPSA) is 36.4 Å². The molecule has 1 fully saturated rings.